The largest absolute Gasteiger partial charge is 0.0915 e. The molecule has 0 amide bonds. The van der Waals surface area contributed by atoms with E-state index in [9.17, 15) is 0 Å². The van der Waals surface area contributed by atoms with Gasteiger partial charge in [0, 0.05) is 5.41 Å². The number of benzene rings is 3. The third-order valence-corrected chi connectivity index (χ3v) is 6.78. The van der Waals surface area contributed by atoms with Crippen LogP contribution in [0.2, 0.25) is 0 Å². The third-order valence-electron chi connectivity index (χ3n) is 6.78. The second kappa shape index (κ2) is 8.19. The van der Waals surface area contributed by atoms with Crippen molar-refractivity contribution in [1.29, 1.82) is 0 Å². The number of hydrogen-bond donors (Lipinski definition) is 0. The van der Waals surface area contributed by atoms with Gasteiger partial charge in [0.15, 0.2) is 0 Å². The first-order valence-electron chi connectivity index (χ1n) is 11.2. The highest BCUT2D eigenvalue weighted by atomic mass is 14.4. The average molecular weight is 405 g/mol. The number of fused-ring (bicyclic) bond motifs is 4. The van der Waals surface area contributed by atoms with Gasteiger partial charge in [0.05, 0.1) is 0 Å². The van der Waals surface area contributed by atoms with E-state index in [-0.39, 0.29) is 5.41 Å². The Morgan fingerprint density at radius 2 is 1.52 bits per heavy atom. The van der Waals surface area contributed by atoms with Gasteiger partial charge in [0.1, 0.15) is 0 Å². The Labute approximate surface area is 187 Å². The molecule has 31 heavy (non-hydrogen) atoms. The molecule has 0 saturated heterocycles. The van der Waals surface area contributed by atoms with Gasteiger partial charge in [-0.3, -0.25) is 0 Å². The molecule has 1 aliphatic rings. The molecule has 0 bridgehead atoms. The molecule has 0 heterocycles. The van der Waals surface area contributed by atoms with Gasteiger partial charge in [-0.2, -0.15) is 0 Å². The van der Waals surface area contributed by atoms with Crippen LogP contribution >= 0.6 is 0 Å². The van der Waals surface area contributed by atoms with Crippen LogP contribution in [0.25, 0.3) is 21.9 Å². The summed E-state index contributed by atoms with van der Waals surface area (Å²) in [6.07, 6.45) is 9.54. The molecule has 0 radical (unpaired) electrons. The van der Waals surface area contributed by atoms with Crippen LogP contribution in [-0.2, 0) is 5.41 Å². The van der Waals surface area contributed by atoms with E-state index < -0.39 is 0 Å². The summed E-state index contributed by atoms with van der Waals surface area (Å²) in [5.74, 6) is 0. The van der Waals surface area contributed by atoms with Gasteiger partial charge in [-0.05, 0) is 96.0 Å². The highest BCUT2D eigenvalue weighted by Crippen LogP contribution is 2.53. The van der Waals surface area contributed by atoms with Crippen molar-refractivity contribution in [3.8, 4) is 11.1 Å². The first-order valence-corrected chi connectivity index (χ1v) is 11.2. The summed E-state index contributed by atoms with van der Waals surface area (Å²) in [4.78, 5) is 0. The van der Waals surface area contributed by atoms with E-state index in [1.54, 1.807) is 0 Å². The molecule has 4 rings (SSSR count). The minimum Gasteiger partial charge on any atom is -0.0915 e. The molecule has 156 valence electrons. The fraction of sp³-hybridized carbons (Fsp3) is 0.226. The lowest BCUT2D eigenvalue weighted by molar-refractivity contribution is 0.583. The zero-order valence-electron chi connectivity index (χ0n) is 19.4. The Morgan fingerprint density at radius 1 is 0.871 bits per heavy atom. The molecule has 0 N–H and O–H groups in total. The molecule has 0 fully saturated rings. The van der Waals surface area contributed by atoms with Gasteiger partial charge < -0.3 is 0 Å². The van der Waals surface area contributed by atoms with Gasteiger partial charge in [-0.15, -0.1) is 0 Å². The normalized spacial score (nSPS) is 18.5. The summed E-state index contributed by atoms with van der Waals surface area (Å²) in [6.45, 7) is 15.3. The third kappa shape index (κ3) is 3.61. The minimum atomic E-state index is -0.0902. The number of rotatable bonds is 5. The maximum atomic E-state index is 4.31. The Balaban J connectivity index is 1.96. The minimum absolute atomic E-state index is 0.0902. The standard InChI is InChI=1S/C31H32/c1-7-11-22(4)23(5)26(12-8-2)20-31(6)29-17-21(3)15-16-27(29)28-18-24-13-9-10-14-25(24)19-30(28)31/h7-19H,4,20H2,1-3,5-6H3. The molecular formula is C31H32. The van der Waals surface area contributed by atoms with E-state index in [2.05, 4.69) is 113 Å². The Morgan fingerprint density at radius 3 is 2.19 bits per heavy atom. The van der Waals surface area contributed by atoms with Crippen LogP contribution in [0, 0.1) is 6.92 Å². The fourth-order valence-electron chi connectivity index (χ4n) is 5.04. The molecule has 0 nitrogen and oxygen atoms in total. The monoisotopic (exact) mass is 404 g/mol. The fourth-order valence-corrected chi connectivity index (χ4v) is 5.04. The lowest BCUT2D eigenvalue weighted by Gasteiger charge is -2.29. The summed E-state index contributed by atoms with van der Waals surface area (Å²) in [5.41, 5.74) is 10.5. The van der Waals surface area contributed by atoms with Crippen LogP contribution in [0.1, 0.15) is 50.8 Å². The molecule has 1 aliphatic carbocycles. The van der Waals surface area contributed by atoms with Gasteiger partial charge in [0.2, 0.25) is 0 Å². The predicted molar refractivity (Wildman–Crippen MR) is 137 cm³/mol. The van der Waals surface area contributed by atoms with Crippen molar-refractivity contribution in [3.63, 3.8) is 0 Å². The summed E-state index contributed by atoms with van der Waals surface area (Å²) in [7, 11) is 0. The van der Waals surface area contributed by atoms with E-state index in [4.69, 9.17) is 0 Å². The highest BCUT2D eigenvalue weighted by Gasteiger charge is 2.40. The second-order valence-corrected chi connectivity index (χ2v) is 8.98. The average Bonchev–Trinajstić information content (AvgIpc) is 2.99. The van der Waals surface area contributed by atoms with Crippen molar-refractivity contribution in [3.05, 3.63) is 119 Å². The topological polar surface area (TPSA) is 0 Å². The summed E-state index contributed by atoms with van der Waals surface area (Å²) >= 11 is 0. The van der Waals surface area contributed by atoms with Crippen molar-refractivity contribution >= 4 is 10.8 Å². The molecule has 0 aromatic heterocycles. The number of allylic oxidation sites excluding steroid dienone is 7. The van der Waals surface area contributed by atoms with Crippen LogP contribution in [0.3, 0.4) is 0 Å². The van der Waals surface area contributed by atoms with E-state index in [0.29, 0.717) is 0 Å². The molecule has 0 saturated carbocycles. The van der Waals surface area contributed by atoms with E-state index in [1.165, 1.54) is 49.7 Å². The molecule has 3 aromatic carbocycles. The number of aryl methyl sites for hydroxylation is 1. The second-order valence-electron chi connectivity index (χ2n) is 8.98. The first kappa shape index (κ1) is 21.1. The molecule has 3 aromatic rings. The quantitative estimate of drug-likeness (QED) is 0.372. The first-order chi connectivity index (χ1) is 14.9. The van der Waals surface area contributed by atoms with Gasteiger partial charge >= 0.3 is 0 Å². The summed E-state index contributed by atoms with van der Waals surface area (Å²) in [5, 5.41) is 2.61. The molecule has 0 aliphatic heterocycles. The smallest absolute Gasteiger partial charge is 0.0227 e. The van der Waals surface area contributed by atoms with Crippen LogP contribution in [0.4, 0.5) is 0 Å². The molecule has 1 unspecified atom stereocenters. The maximum absolute atomic E-state index is 4.31. The van der Waals surface area contributed by atoms with Crippen molar-refractivity contribution < 1.29 is 0 Å². The summed E-state index contributed by atoms with van der Waals surface area (Å²) in [6, 6.07) is 20.5. The van der Waals surface area contributed by atoms with Gasteiger partial charge in [0.25, 0.3) is 0 Å². The Bertz CT molecular complexity index is 1260. The highest BCUT2D eigenvalue weighted by molar-refractivity contribution is 5.93. The van der Waals surface area contributed by atoms with Crippen LogP contribution in [0.5, 0.6) is 0 Å². The zero-order chi connectivity index (χ0) is 22.2. The molecule has 0 heteroatoms. The lowest BCUT2D eigenvalue weighted by Crippen LogP contribution is -2.22. The molecular weight excluding hydrogens is 372 g/mol. The lowest BCUT2D eigenvalue weighted by atomic mass is 9.73. The summed E-state index contributed by atoms with van der Waals surface area (Å²) < 4.78 is 0. The van der Waals surface area contributed by atoms with Crippen molar-refractivity contribution in [2.24, 2.45) is 0 Å². The maximum Gasteiger partial charge on any atom is 0.0227 e. The zero-order valence-corrected chi connectivity index (χ0v) is 19.4. The number of hydrogen-bond acceptors (Lipinski definition) is 0. The van der Waals surface area contributed by atoms with E-state index >= 15 is 0 Å². The SMILES string of the molecule is C=C(C=CC)C(C)=C(C=CC)CC1(C)c2cc(C)ccc2-c2cc3ccccc3cc21. The molecule has 1 atom stereocenters. The van der Waals surface area contributed by atoms with Crippen LogP contribution < -0.4 is 0 Å². The van der Waals surface area contributed by atoms with Crippen LogP contribution in [0.15, 0.2) is 102 Å². The molecule has 0 spiro atoms. The van der Waals surface area contributed by atoms with E-state index in [1.807, 2.05) is 6.92 Å². The van der Waals surface area contributed by atoms with E-state index in [0.717, 1.165) is 12.0 Å². The van der Waals surface area contributed by atoms with Gasteiger partial charge in [-0.1, -0.05) is 85.8 Å². The van der Waals surface area contributed by atoms with Gasteiger partial charge in [-0.25, -0.2) is 0 Å². The Hall–Kier alpha value is -3.12. The predicted octanol–water partition coefficient (Wildman–Crippen LogP) is 8.85. The van der Waals surface area contributed by atoms with Crippen molar-refractivity contribution in [1.82, 2.24) is 0 Å². The Kier molecular flexibility index (Phi) is 5.58. The van der Waals surface area contributed by atoms with Crippen LogP contribution in [-0.4, -0.2) is 0 Å². The van der Waals surface area contributed by atoms with Crippen molar-refractivity contribution in [2.45, 2.75) is 46.5 Å². The van der Waals surface area contributed by atoms with Crippen molar-refractivity contribution in [2.75, 3.05) is 0 Å².